The highest BCUT2D eigenvalue weighted by molar-refractivity contribution is 5.93. The lowest BCUT2D eigenvalue weighted by Gasteiger charge is -2.42. The first-order valence-corrected chi connectivity index (χ1v) is 11.1. The first kappa shape index (κ1) is 23.6. The number of amides is 2. The quantitative estimate of drug-likeness (QED) is 0.733. The Morgan fingerprint density at radius 2 is 1.97 bits per heavy atom. The number of carbonyl (C=O) groups is 2. The van der Waals surface area contributed by atoms with E-state index in [0.717, 1.165) is 6.07 Å². The van der Waals surface area contributed by atoms with Crippen LogP contribution < -0.4 is 10.6 Å². The number of hydrogen-bond donors (Lipinski definition) is 1. The lowest BCUT2D eigenvalue weighted by Crippen LogP contribution is -2.47. The maximum Gasteiger partial charge on any atom is 0.417 e. The lowest BCUT2D eigenvalue weighted by molar-refractivity contribution is -0.137. The first-order chi connectivity index (χ1) is 16.1. The Hall–Kier alpha value is -3.55. The molecular weight excluding hydrogens is 449 g/mol. The van der Waals surface area contributed by atoms with Crippen molar-refractivity contribution < 1.29 is 22.8 Å². The van der Waals surface area contributed by atoms with Crippen molar-refractivity contribution in [2.24, 2.45) is 17.1 Å². The number of benzene rings is 1. The third-order valence-corrected chi connectivity index (χ3v) is 7.07. The van der Waals surface area contributed by atoms with E-state index >= 15 is 0 Å². The fourth-order valence-electron chi connectivity index (χ4n) is 5.22. The number of hydrogen-bond acceptors (Lipinski definition) is 5. The van der Waals surface area contributed by atoms with Crippen LogP contribution in [0, 0.1) is 22.7 Å². The second-order valence-corrected chi connectivity index (χ2v) is 8.86. The van der Waals surface area contributed by atoms with E-state index in [0.29, 0.717) is 50.4 Å². The number of anilines is 1. The highest BCUT2D eigenvalue weighted by Crippen LogP contribution is 2.46. The average Bonchev–Trinajstić information content (AvgIpc) is 3.43. The Labute approximate surface area is 194 Å². The van der Waals surface area contributed by atoms with Gasteiger partial charge in [0.1, 0.15) is 5.69 Å². The number of aryl methyl sites for hydroxylation is 1. The Morgan fingerprint density at radius 3 is 2.56 bits per heavy atom. The maximum absolute atomic E-state index is 13.4. The molecule has 1 spiro atoms. The van der Waals surface area contributed by atoms with E-state index in [1.165, 1.54) is 12.1 Å². The molecule has 2 N–H and O–H groups in total. The number of nitriles is 1. The van der Waals surface area contributed by atoms with Crippen molar-refractivity contribution in [1.82, 2.24) is 14.7 Å². The van der Waals surface area contributed by atoms with Crippen LogP contribution in [-0.2, 0) is 17.5 Å². The van der Waals surface area contributed by atoms with Crippen LogP contribution in [0.3, 0.4) is 0 Å². The van der Waals surface area contributed by atoms with Crippen LogP contribution in [0.1, 0.15) is 41.4 Å². The number of nitrogens with zero attached hydrogens (tertiary/aromatic N) is 5. The number of piperidine rings is 1. The van der Waals surface area contributed by atoms with Gasteiger partial charge >= 0.3 is 6.18 Å². The summed E-state index contributed by atoms with van der Waals surface area (Å²) in [5.74, 6) is -1.24. The normalized spacial score (nSPS) is 19.9. The molecule has 34 heavy (non-hydrogen) atoms. The number of primary amides is 1. The van der Waals surface area contributed by atoms with E-state index in [2.05, 4.69) is 5.10 Å². The van der Waals surface area contributed by atoms with E-state index in [4.69, 9.17) is 11.0 Å². The predicted octanol–water partition coefficient (Wildman–Crippen LogP) is 2.64. The molecule has 11 heteroatoms. The van der Waals surface area contributed by atoms with Gasteiger partial charge in [0.2, 0.25) is 5.91 Å². The van der Waals surface area contributed by atoms with Crippen molar-refractivity contribution >= 4 is 17.5 Å². The lowest BCUT2D eigenvalue weighted by atomic mass is 9.70. The highest BCUT2D eigenvalue weighted by atomic mass is 19.4. The van der Waals surface area contributed by atoms with Gasteiger partial charge in [-0.2, -0.15) is 23.5 Å². The second kappa shape index (κ2) is 8.66. The van der Waals surface area contributed by atoms with Gasteiger partial charge in [0.05, 0.1) is 23.1 Å². The third kappa shape index (κ3) is 4.08. The fraction of sp³-hybridized carbons (Fsp3) is 0.478. The molecule has 1 aromatic carbocycles. The molecule has 2 aromatic rings. The molecule has 1 unspecified atom stereocenters. The Bertz CT molecular complexity index is 1140. The molecule has 0 radical (unpaired) electrons. The van der Waals surface area contributed by atoms with Crippen molar-refractivity contribution in [1.29, 1.82) is 5.26 Å². The minimum Gasteiger partial charge on any atom is -0.371 e. The summed E-state index contributed by atoms with van der Waals surface area (Å²) in [6, 6.07) is 6.92. The molecule has 3 heterocycles. The zero-order valence-corrected chi connectivity index (χ0v) is 18.7. The van der Waals surface area contributed by atoms with E-state index < -0.39 is 34.5 Å². The Kier molecular flexibility index (Phi) is 6.02. The van der Waals surface area contributed by atoms with Crippen LogP contribution in [-0.4, -0.2) is 52.7 Å². The van der Waals surface area contributed by atoms with Gasteiger partial charge < -0.3 is 15.5 Å². The van der Waals surface area contributed by atoms with Crippen LogP contribution in [0.4, 0.5) is 18.9 Å². The van der Waals surface area contributed by atoms with Gasteiger partial charge in [-0.25, -0.2) is 0 Å². The monoisotopic (exact) mass is 474 g/mol. The summed E-state index contributed by atoms with van der Waals surface area (Å²) in [6.07, 6.45) is -2.08. The molecule has 180 valence electrons. The number of likely N-dealkylation sites (tertiary alicyclic amines) is 1. The minimum atomic E-state index is -4.63. The van der Waals surface area contributed by atoms with Gasteiger partial charge in [0.25, 0.3) is 5.91 Å². The number of halogens is 3. The van der Waals surface area contributed by atoms with Crippen LogP contribution in [0.2, 0.25) is 0 Å². The molecule has 0 saturated carbocycles. The van der Waals surface area contributed by atoms with Gasteiger partial charge in [-0.05, 0) is 44.0 Å². The molecule has 1 aromatic heterocycles. The van der Waals surface area contributed by atoms with Crippen LogP contribution >= 0.6 is 0 Å². The molecule has 1 atom stereocenters. The first-order valence-electron chi connectivity index (χ1n) is 11.1. The molecule has 2 amide bonds. The fourth-order valence-corrected chi connectivity index (χ4v) is 5.22. The van der Waals surface area contributed by atoms with E-state index in [-0.39, 0.29) is 12.5 Å². The zero-order valence-electron chi connectivity index (χ0n) is 18.7. The van der Waals surface area contributed by atoms with E-state index in [9.17, 15) is 22.8 Å². The molecule has 2 saturated heterocycles. The molecule has 2 fully saturated rings. The molecule has 0 bridgehead atoms. The largest absolute Gasteiger partial charge is 0.417 e. The number of carbonyl (C=O) groups excluding carboxylic acids is 2. The van der Waals surface area contributed by atoms with Crippen LogP contribution in [0.25, 0.3) is 0 Å². The number of aromatic nitrogens is 2. The summed E-state index contributed by atoms with van der Waals surface area (Å²) in [4.78, 5) is 28.9. The van der Waals surface area contributed by atoms with Gasteiger partial charge in [-0.1, -0.05) is 0 Å². The third-order valence-electron chi connectivity index (χ3n) is 7.07. The Balaban J connectivity index is 1.54. The Morgan fingerprint density at radius 1 is 1.26 bits per heavy atom. The van der Waals surface area contributed by atoms with Gasteiger partial charge in [0.15, 0.2) is 0 Å². The molecular formula is C23H25F3N6O2. The van der Waals surface area contributed by atoms with Gasteiger partial charge in [-0.3, -0.25) is 14.3 Å². The standard InChI is InChI=1S/C23H25F3N6O2/c1-2-32-19(5-8-29-32)21(34)31-13-18(20(28)33)22(14-31)6-9-30(10-7-22)16-4-3-15(12-27)17(11-16)23(24,25)26/h3-5,8,11,18H,2,6-7,9-10,13-14H2,1H3,(H2,28,33). The van der Waals surface area contributed by atoms with Gasteiger partial charge in [0, 0.05) is 50.0 Å². The maximum atomic E-state index is 13.4. The number of rotatable bonds is 4. The average molecular weight is 474 g/mol. The van der Waals surface area contributed by atoms with Crippen LogP contribution in [0.5, 0.6) is 0 Å². The summed E-state index contributed by atoms with van der Waals surface area (Å²) in [5, 5.41) is 13.2. The van der Waals surface area contributed by atoms with Crippen molar-refractivity contribution in [3.63, 3.8) is 0 Å². The van der Waals surface area contributed by atoms with Crippen molar-refractivity contribution in [2.45, 2.75) is 32.5 Å². The summed E-state index contributed by atoms with van der Waals surface area (Å²) in [5.41, 5.74) is 4.61. The van der Waals surface area contributed by atoms with Crippen molar-refractivity contribution in [3.8, 4) is 6.07 Å². The predicted molar refractivity (Wildman–Crippen MR) is 117 cm³/mol. The highest BCUT2D eigenvalue weighted by Gasteiger charge is 2.52. The molecule has 4 rings (SSSR count). The summed E-state index contributed by atoms with van der Waals surface area (Å²) >= 11 is 0. The van der Waals surface area contributed by atoms with Crippen molar-refractivity contribution in [3.05, 3.63) is 47.3 Å². The summed E-state index contributed by atoms with van der Waals surface area (Å²) < 4.78 is 41.8. The zero-order chi connectivity index (χ0) is 24.7. The summed E-state index contributed by atoms with van der Waals surface area (Å²) in [6.45, 7) is 3.78. The topological polar surface area (TPSA) is 108 Å². The summed E-state index contributed by atoms with van der Waals surface area (Å²) in [7, 11) is 0. The number of alkyl halides is 3. The molecule has 8 nitrogen and oxygen atoms in total. The minimum absolute atomic E-state index is 0.206. The molecule has 0 aliphatic carbocycles. The van der Waals surface area contributed by atoms with E-state index in [1.807, 2.05) is 11.8 Å². The second-order valence-electron chi connectivity index (χ2n) is 8.86. The molecule has 2 aliphatic heterocycles. The van der Waals surface area contributed by atoms with Crippen LogP contribution in [0.15, 0.2) is 30.5 Å². The van der Waals surface area contributed by atoms with Gasteiger partial charge in [-0.15, -0.1) is 0 Å². The van der Waals surface area contributed by atoms with E-state index in [1.54, 1.807) is 27.9 Å². The molecule has 2 aliphatic rings. The SMILES string of the molecule is CCn1nccc1C(=O)N1CC(C(N)=O)C2(CCN(c3ccc(C#N)c(C(F)(F)F)c3)CC2)C1. The number of nitrogens with two attached hydrogens (primary N) is 1. The smallest absolute Gasteiger partial charge is 0.371 e. The van der Waals surface area contributed by atoms with Crippen molar-refractivity contribution in [2.75, 3.05) is 31.1 Å².